The van der Waals surface area contributed by atoms with Crippen LogP contribution in [0.5, 0.6) is 0 Å². The Morgan fingerprint density at radius 3 is 2.30 bits per heavy atom. The summed E-state index contributed by atoms with van der Waals surface area (Å²) in [6.07, 6.45) is 1.02. The van der Waals surface area contributed by atoms with Gasteiger partial charge in [0.1, 0.15) is 11.9 Å². The number of nitrogens with one attached hydrogen (secondary N) is 1. The first-order valence-corrected chi connectivity index (χ1v) is 11.2. The fraction of sp³-hybridized carbons (Fsp3) is 0.316. The van der Waals surface area contributed by atoms with Crippen LogP contribution in [0.15, 0.2) is 53.4 Å². The molecule has 0 saturated heterocycles. The van der Waals surface area contributed by atoms with Gasteiger partial charge in [-0.3, -0.25) is 9.10 Å². The highest BCUT2D eigenvalue weighted by Crippen LogP contribution is 2.21. The van der Waals surface area contributed by atoms with Crippen LogP contribution in [0.25, 0.3) is 0 Å². The van der Waals surface area contributed by atoms with Gasteiger partial charge in [0.05, 0.1) is 11.9 Å². The third-order valence-electron chi connectivity index (χ3n) is 3.86. The van der Waals surface area contributed by atoms with E-state index in [2.05, 4.69) is 5.32 Å². The number of carbonyl (C=O) groups is 1. The van der Waals surface area contributed by atoms with Gasteiger partial charge in [0.25, 0.3) is 0 Å². The van der Waals surface area contributed by atoms with Crippen molar-refractivity contribution >= 4 is 33.4 Å². The summed E-state index contributed by atoms with van der Waals surface area (Å²) in [5.41, 5.74) is 1.43. The second-order valence-corrected chi connectivity index (χ2v) is 9.19. The molecule has 0 aliphatic carbocycles. The normalized spacial score (nSPS) is 12.4. The van der Waals surface area contributed by atoms with E-state index in [9.17, 15) is 17.6 Å². The number of anilines is 1. The van der Waals surface area contributed by atoms with E-state index in [-0.39, 0.29) is 5.69 Å². The Morgan fingerprint density at radius 2 is 1.74 bits per heavy atom. The van der Waals surface area contributed by atoms with E-state index in [4.69, 9.17) is 0 Å². The van der Waals surface area contributed by atoms with Gasteiger partial charge in [0.15, 0.2) is 0 Å². The van der Waals surface area contributed by atoms with Crippen LogP contribution < -0.4 is 9.62 Å². The average Bonchev–Trinajstić information content (AvgIpc) is 2.60. The van der Waals surface area contributed by atoms with E-state index in [0.717, 1.165) is 27.6 Å². The maximum Gasteiger partial charge on any atom is 0.243 e. The van der Waals surface area contributed by atoms with Crippen molar-refractivity contribution in [2.45, 2.75) is 24.8 Å². The largest absolute Gasteiger partial charge is 0.353 e. The number of hydrogen-bond acceptors (Lipinski definition) is 4. The van der Waals surface area contributed by atoms with Crippen molar-refractivity contribution in [3.8, 4) is 0 Å². The molecule has 1 N–H and O–H groups in total. The lowest BCUT2D eigenvalue weighted by atomic mass is 10.2. The molecule has 0 bridgehead atoms. The zero-order valence-corrected chi connectivity index (χ0v) is 17.1. The first-order valence-electron chi connectivity index (χ1n) is 8.40. The van der Waals surface area contributed by atoms with Crippen molar-refractivity contribution < 1.29 is 17.6 Å². The van der Waals surface area contributed by atoms with E-state index >= 15 is 0 Å². The van der Waals surface area contributed by atoms with E-state index < -0.39 is 27.8 Å². The minimum Gasteiger partial charge on any atom is -0.353 e. The summed E-state index contributed by atoms with van der Waals surface area (Å²) in [7, 11) is -3.71. The summed E-state index contributed by atoms with van der Waals surface area (Å²) in [6.45, 7) is 3.93. The van der Waals surface area contributed by atoms with Gasteiger partial charge in [-0.1, -0.05) is 17.7 Å². The maximum absolute atomic E-state index is 13.1. The summed E-state index contributed by atoms with van der Waals surface area (Å²) in [4.78, 5) is 13.5. The third-order valence-corrected chi connectivity index (χ3v) is 6.12. The Bertz CT molecular complexity index is 869. The molecular weight excluding hydrogens is 387 g/mol. The SMILES string of the molecule is Cc1ccc(SCCNC(=O)C(C)N(c2ccc(F)cc2)S(C)(=O)=O)cc1. The van der Waals surface area contributed by atoms with E-state index in [1.807, 2.05) is 31.2 Å². The van der Waals surface area contributed by atoms with Crippen LogP contribution in [-0.2, 0) is 14.8 Å². The molecule has 0 fully saturated rings. The van der Waals surface area contributed by atoms with Gasteiger partial charge in [0.2, 0.25) is 15.9 Å². The third kappa shape index (κ3) is 6.25. The lowest BCUT2D eigenvalue weighted by molar-refractivity contribution is -0.121. The zero-order valence-electron chi connectivity index (χ0n) is 15.5. The summed E-state index contributed by atoms with van der Waals surface area (Å²) in [5.74, 6) is -0.219. The molecule has 2 aromatic rings. The van der Waals surface area contributed by atoms with Crippen LogP contribution in [0.4, 0.5) is 10.1 Å². The standard InChI is InChI=1S/C19H23FN2O3S2/c1-14-4-10-18(11-5-14)26-13-12-21-19(23)15(2)22(27(3,24)25)17-8-6-16(20)7-9-17/h4-11,15H,12-13H2,1-3H3,(H,21,23). The van der Waals surface area contributed by atoms with Crippen molar-refractivity contribution in [2.24, 2.45) is 0 Å². The lowest BCUT2D eigenvalue weighted by Gasteiger charge is -2.28. The fourth-order valence-electron chi connectivity index (χ4n) is 2.52. The molecule has 0 aliphatic heterocycles. The molecule has 1 amide bonds. The van der Waals surface area contributed by atoms with E-state index in [1.54, 1.807) is 11.8 Å². The Labute approximate surface area is 164 Å². The molecule has 146 valence electrons. The second kappa shape index (κ2) is 9.23. The number of amides is 1. The molecular formula is C19H23FN2O3S2. The molecule has 0 spiro atoms. The van der Waals surface area contributed by atoms with Gasteiger partial charge >= 0.3 is 0 Å². The van der Waals surface area contributed by atoms with Crippen LogP contribution in [0.2, 0.25) is 0 Å². The highest BCUT2D eigenvalue weighted by atomic mass is 32.2. The van der Waals surface area contributed by atoms with Crippen molar-refractivity contribution in [3.05, 3.63) is 59.9 Å². The summed E-state index contributed by atoms with van der Waals surface area (Å²) in [5, 5.41) is 2.76. The number of aryl methyl sites for hydroxylation is 1. The average molecular weight is 411 g/mol. The summed E-state index contributed by atoms with van der Waals surface area (Å²) >= 11 is 1.61. The first kappa shape index (κ1) is 21.2. The quantitative estimate of drug-likeness (QED) is 0.536. The Hall–Kier alpha value is -2.06. The summed E-state index contributed by atoms with van der Waals surface area (Å²) < 4.78 is 38.4. The van der Waals surface area contributed by atoms with Crippen molar-refractivity contribution in [2.75, 3.05) is 22.9 Å². The molecule has 1 unspecified atom stereocenters. The number of hydrogen-bond donors (Lipinski definition) is 1. The first-order chi connectivity index (χ1) is 12.7. The highest BCUT2D eigenvalue weighted by molar-refractivity contribution is 7.99. The van der Waals surface area contributed by atoms with Crippen LogP contribution in [0.3, 0.4) is 0 Å². The smallest absolute Gasteiger partial charge is 0.243 e. The highest BCUT2D eigenvalue weighted by Gasteiger charge is 2.28. The molecule has 1 atom stereocenters. The Morgan fingerprint density at radius 1 is 1.15 bits per heavy atom. The predicted molar refractivity (Wildman–Crippen MR) is 108 cm³/mol. The number of nitrogens with zero attached hydrogens (tertiary/aromatic N) is 1. The lowest BCUT2D eigenvalue weighted by Crippen LogP contribution is -2.48. The van der Waals surface area contributed by atoms with Gasteiger partial charge in [-0.05, 0) is 50.2 Å². The van der Waals surface area contributed by atoms with Crippen molar-refractivity contribution in [1.29, 1.82) is 0 Å². The number of rotatable bonds is 8. The fourth-order valence-corrected chi connectivity index (χ4v) is 4.47. The monoisotopic (exact) mass is 410 g/mol. The van der Waals surface area contributed by atoms with Gasteiger partial charge in [-0.25, -0.2) is 12.8 Å². The Kier molecular flexibility index (Phi) is 7.26. The molecule has 5 nitrogen and oxygen atoms in total. The molecule has 2 aromatic carbocycles. The van der Waals surface area contributed by atoms with Crippen molar-refractivity contribution in [3.63, 3.8) is 0 Å². The van der Waals surface area contributed by atoms with E-state index in [0.29, 0.717) is 12.3 Å². The van der Waals surface area contributed by atoms with Crippen LogP contribution >= 0.6 is 11.8 Å². The van der Waals surface area contributed by atoms with Gasteiger partial charge < -0.3 is 5.32 Å². The van der Waals surface area contributed by atoms with Crippen LogP contribution in [0, 0.1) is 12.7 Å². The number of carbonyl (C=O) groups excluding carboxylic acids is 1. The molecule has 27 heavy (non-hydrogen) atoms. The predicted octanol–water partition coefficient (Wildman–Crippen LogP) is 3.20. The summed E-state index contributed by atoms with van der Waals surface area (Å²) in [6, 6.07) is 12.1. The number of benzene rings is 2. The number of halogens is 1. The molecule has 0 radical (unpaired) electrons. The van der Waals surface area contributed by atoms with Crippen molar-refractivity contribution in [1.82, 2.24) is 5.32 Å². The number of sulfonamides is 1. The molecule has 0 aliphatic rings. The number of thioether (sulfide) groups is 1. The Balaban J connectivity index is 1.96. The van der Waals surface area contributed by atoms with Crippen LogP contribution in [0.1, 0.15) is 12.5 Å². The van der Waals surface area contributed by atoms with Crippen LogP contribution in [-0.4, -0.2) is 38.9 Å². The minimum atomic E-state index is -3.71. The van der Waals surface area contributed by atoms with E-state index in [1.165, 1.54) is 24.6 Å². The molecule has 0 heterocycles. The van der Waals surface area contributed by atoms with Gasteiger partial charge in [-0.2, -0.15) is 0 Å². The maximum atomic E-state index is 13.1. The minimum absolute atomic E-state index is 0.246. The molecule has 2 rings (SSSR count). The zero-order chi connectivity index (χ0) is 20.0. The second-order valence-electron chi connectivity index (χ2n) is 6.16. The topological polar surface area (TPSA) is 66.5 Å². The molecule has 0 saturated carbocycles. The molecule has 0 aromatic heterocycles. The van der Waals surface area contributed by atoms with Gasteiger partial charge in [-0.15, -0.1) is 11.8 Å². The van der Waals surface area contributed by atoms with Gasteiger partial charge in [0, 0.05) is 17.2 Å². The molecule has 8 heteroatoms.